The number of carbonyl (C=O) groups excluding carboxylic acids is 3. The van der Waals surface area contributed by atoms with Crippen LogP contribution in [0.15, 0.2) is 42.5 Å². The van der Waals surface area contributed by atoms with E-state index in [0.29, 0.717) is 37.2 Å². The number of aryl methyl sites for hydroxylation is 1. The van der Waals surface area contributed by atoms with E-state index < -0.39 is 29.6 Å². The summed E-state index contributed by atoms with van der Waals surface area (Å²) in [6, 6.07) is 8.77. The number of benzene rings is 2. The van der Waals surface area contributed by atoms with Gasteiger partial charge in [-0.25, -0.2) is 8.78 Å². The number of halogens is 2. The molecule has 0 spiro atoms. The van der Waals surface area contributed by atoms with Crippen LogP contribution in [-0.2, 0) is 27.2 Å². The number of amides is 3. The van der Waals surface area contributed by atoms with Crippen molar-refractivity contribution < 1.29 is 27.9 Å². The maximum absolute atomic E-state index is 14.0. The van der Waals surface area contributed by atoms with Gasteiger partial charge in [0.1, 0.15) is 29.5 Å². The maximum atomic E-state index is 14.0. The van der Waals surface area contributed by atoms with Crippen LogP contribution in [0.1, 0.15) is 37.3 Å². The van der Waals surface area contributed by atoms with Gasteiger partial charge >= 0.3 is 0 Å². The Balaban J connectivity index is 1.54. The molecule has 0 saturated heterocycles. The summed E-state index contributed by atoms with van der Waals surface area (Å²) in [4.78, 5) is 40.6. The van der Waals surface area contributed by atoms with Crippen LogP contribution in [0.25, 0.3) is 0 Å². The Labute approximate surface area is 227 Å². The molecule has 0 bridgehead atoms. The second-order valence-corrected chi connectivity index (χ2v) is 10.4. The van der Waals surface area contributed by atoms with Gasteiger partial charge in [0.15, 0.2) is 0 Å². The minimum absolute atomic E-state index is 0.162. The van der Waals surface area contributed by atoms with Gasteiger partial charge in [0.05, 0.1) is 12.6 Å². The lowest BCUT2D eigenvalue weighted by Crippen LogP contribution is -2.53. The monoisotopic (exact) mass is 542 g/mol. The number of ether oxygens (including phenoxy) is 1. The number of nitrogens with zero attached hydrogens (tertiary/aromatic N) is 1. The number of hydrogen-bond donors (Lipinski definition) is 3. The molecule has 1 saturated carbocycles. The van der Waals surface area contributed by atoms with Crippen molar-refractivity contribution in [3.8, 4) is 5.75 Å². The van der Waals surface area contributed by atoms with E-state index in [4.69, 9.17) is 4.74 Å². The van der Waals surface area contributed by atoms with Gasteiger partial charge in [0, 0.05) is 32.6 Å². The molecule has 4 rings (SSSR count). The van der Waals surface area contributed by atoms with E-state index in [1.165, 1.54) is 29.2 Å². The smallest absolute Gasteiger partial charge is 0.242 e. The van der Waals surface area contributed by atoms with Gasteiger partial charge < -0.3 is 25.6 Å². The number of nitrogens with one attached hydrogen (secondary N) is 3. The molecular weight excluding hydrogens is 506 g/mol. The zero-order valence-corrected chi connectivity index (χ0v) is 22.3. The van der Waals surface area contributed by atoms with Gasteiger partial charge in [-0.2, -0.15) is 0 Å². The van der Waals surface area contributed by atoms with Crippen molar-refractivity contribution in [3.05, 3.63) is 65.2 Å². The van der Waals surface area contributed by atoms with Crippen molar-refractivity contribution in [2.24, 2.45) is 5.92 Å². The Morgan fingerprint density at radius 1 is 1.03 bits per heavy atom. The average molecular weight is 543 g/mol. The molecule has 0 aromatic heterocycles. The van der Waals surface area contributed by atoms with Crippen LogP contribution in [0.5, 0.6) is 5.75 Å². The number of fused-ring (bicyclic) bond motifs is 1. The van der Waals surface area contributed by atoms with E-state index >= 15 is 0 Å². The molecule has 3 amide bonds. The quantitative estimate of drug-likeness (QED) is 0.553. The largest absolute Gasteiger partial charge is 0.489 e. The van der Waals surface area contributed by atoms with Gasteiger partial charge in [-0.15, -0.1) is 0 Å². The Bertz CT molecular complexity index is 1170. The zero-order chi connectivity index (χ0) is 27.9. The summed E-state index contributed by atoms with van der Waals surface area (Å²) in [5.74, 6) is -1.26. The molecular formula is C29H36F2N4O4. The van der Waals surface area contributed by atoms with Crippen molar-refractivity contribution in [1.82, 2.24) is 20.9 Å². The summed E-state index contributed by atoms with van der Waals surface area (Å²) >= 11 is 0. The van der Waals surface area contributed by atoms with Crippen molar-refractivity contribution in [2.45, 2.75) is 57.2 Å². The number of hydrogen-bond acceptors (Lipinski definition) is 5. The van der Waals surface area contributed by atoms with E-state index in [2.05, 4.69) is 16.0 Å². The maximum Gasteiger partial charge on any atom is 0.242 e. The normalized spacial score (nSPS) is 24.1. The van der Waals surface area contributed by atoms with E-state index in [0.717, 1.165) is 18.4 Å². The lowest BCUT2D eigenvalue weighted by molar-refractivity contribution is -0.137. The van der Waals surface area contributed by atoms with Crippen LogP contribution in [0.3, 0.4) is 0 Å². The molecule has 1 aliphatic carbocycles. The van der Waals surface area contributed by atoms with Crippen LogP contribution in [0, 0.1) is 17.6 Å². The highest BCUT2D eigenvalue weighted by molar-refractivity contribution is 5.91. The molecule has 10 heteroatoms. The minimum Gasteiger partial charge on any atom is -0.489 e. The zero-order valence-electron chi connectivity index (χ0n) is 22.3. The third-order valence-electron chi connectivity index (χ3n) is 7.03. The van der Waals surface area contributed by atoms with Crippen molar-refractivity contribution in [2.75, 3.05) is 26.7 Å². The molecule has 1 aliphatic heterocycles. The predicted molar refractivity (Wildman–Crippen MR) is 142 cm³/mol. The fraction of sp³-hybridized carbons (Fsp3) is 0.483. The number of likely N-dealkylation sites (N-methyl/N-ethyl adjacent to an activating group) is 1. The molecule has 3 N–H and O–H groups in total. The third kappa shape index (κ3) is 8.23. The summed E-state index contributed by atoms with van der Waals surface area (Å²) < 4.78 is 33.5. The molecule has 2 aromatic carbocycles. The molecule has 0 unspecified atom stereocenters. The second-order valence-electron chi connectivity index (χ2n) is 10.4. The Kier molecular flexibility index (Phi) is 9.50. The first-order valence-corrected chi connectivity index (χ1v) is 13.4. The van der Waals surface area contributed by atoms with E-state index in [-0.39, 0.29) is 36.8 Å². The molecule has 3 atom stereocenters. The molecule has 1 heterocycles. The summed E-state index contributed by atoms with van der Waals surface area (Å²) in [7, 11) is 1.56. The predicted octanol–water partition coefficient (Wildman–Crippen LogP) is 2.35. The Morgan fingerprint density at radius 2 is 1.74 bits per heavy atom. The lowest BCUT2D eigenvalue weighted by Gasteiger charge is -2.27. The fourth-order valence-electron chi connectivity index (χ4n) is 4.73. The SMILES string of the molecule is C[C@@H]1CN[C@@H](C2CC2)C(=O)N(C)CC(=O)N[C@H](Cc2ccc(F)cc2)C(=O)NCCCc2ccc(F)cc2O1. The van der Waals surface area contributed by atoms with Gasteiger partial charge in [0.2, 0.25) is 17.7 Å². The second kappa shape index (κ2) is 13.0. The van der Waals surface area contributed by atoms with E-state index in [9.17, 15) is 23.2 Å². The number of carbonyl (C=O) groups is 3. The van der Waals surface area contributed by atoms with Crippen LogP contribution in [0.4, 0.5) is 8.78 Å². The molecule has 1 fully saturated rings. The molecule has 39 heavy (non-hydrogen) atoms. The first-order chi connectivity index (χ1) is 18.7. The van der Waals surface area contributed by atoms with Crippen LogP contribution in [-0.4, -0.2) is 67.5 Å². The highest BCUT2D eigenvalue weighted by Gasteiger charge is 2.38. The van der Waals surface area contributed by atoms with Crippen LogP contribution >= 0.6 is 0 Å². The van der Waals surface area contributed by atoms with E-state index in [1.807, 2.05) is 6.92 Å². The lowest BCUT2D eigenvalue weighted by atomic mass is 10.0. The minimum atomic E-state index is -0.909. The van der Waals surface area contributed by atoms with Gasteiger partial charge in [0.25, 0.3) is 0 Å². The fourth-order valence-corrected chi connectivity index (χ4v) is 4.73. The number of rotatable bonds is 3. The molecule has 210 valence electrons. The first kappa shape index (κ1) is 28.5. The van der Waals surface area contributed by atoms with Crippen molar-refractivity contribution in [1.29, 1.82) is 0 Å². The van der Waals surface area contributed by atoms with Crippen molar-refractivity contribution >= 4 is 17.7 Å². The van der Waals surface area contributed by atoms with Gasteiger partial charge in [-0.05, 0) is 67.9 Å². The summed E-state index contributed by atoms with van der Waals surface area (Å²) in [6.07, 6.45) is 2.76. The topological polar surface area (TPSA) is 99.8 Å². The standard InChI is InChI=1S/C29H36F2N4O4/c1-18-16-33-27(21-7-8-21)29(38)35(2)17-26(36)34-24(14-19-5-10-22(30)11-6-19)28(37)32-13-3-4-20-9-12-23(31)15-25(20)39-18/h5-6,9-12,15,18,21,24,27,33H,3-4,7-8,13-14,16-17H2,1-2H3,(H,32,37)(H,34,36)/t18-,24-,27+/m1/s1. The summed E-state index contributed by atoms with van der Waals surface area (Å²) in [5.41, 5.74) is 1.49. The highest BCUT2D eigenvalue weighted by atomic mass is 19.1. The Hall–Kier alpha value is -3.53. The Morgan fingerprint density at radius 3 is 2.46 bits per heavy atom. The van der Waals surface area contributed by atoms with Crippen LogP contribution in [0.2, 0.25) is 0 Å². The van der Waals surface area contributed by atoms with Gasteiger partial charge in [-0.1, -0.05) is 18.2 Å². The molecule has 0 radical (unpaired) electrons. The average Bonchev–Trinajstić information content (AvgIpc) is 3.73. The van der Waals surface area contributed by atoms with Crippen molar-refractivity contribution in [3.63, 3.8) is 0 Å². The third-order valence-corrected chi connectivity index (χ3v) is 7.03. The summed E-state index contributed by atoms with van der Waals surface area (Å²) in [5, 5.41) is 8.90. The van der Waals surface area contributed by atoms with Crippen LogP contribution < -0.4 is 20.7 Å². The molecule has 8 nitrogen and oxygen atoms in total. The van der Waals surface area contributed by atoms with E-state index in [1.54, 1.807) is 25.2 Å². The highest BCUT2D eigenvalue weighted by Crippen LogP contribution is 2.33. The van der Waals surface area contributed by atoms with Gasteiger partial charge in [-0.3, -0.25) is 14.4 Å². The molecule has 2 aromatic rings. The summed E-state index contributed by atoms with van der Waals surface area (Å²) in [6.45, 7) is 2.34. The molecule has 2 aliphatic rings. The first-order valence-electron chi connectivity index (χ1n) is 13.4.